The van der Waals surface area contributed by atoms with Gasteiger partial charge in [0.2, 0.25) is 0 Å². The molecule has 9 heteroatoms. The van der Waals surface area contributed by atoms with Gasteiger partial charge < -0.3 is 4.55 Å². The van der Waals surface area contributed by atoms with Crippen molar-refractivity contribution < 1.29 is 17.4 Å². The Labute approximate surface area is 179 Å². The summed E-state index contributed by atoms with van der Waals surface area (Å²) in [4.78, 5) is 8.93. The van der Waals surface area contributed by atoms with Crippen LogP contribution in [0.4, 0.5) is 4.39 Å². The van der Waals surface area contributed by atoms with Gasteiger partial charge in [-0.1, -0.05) is 6.07 Å². The van der Waals surface area contributed by atoms with E-state index >= 15 is 0 Å². The molecular weight excluding hydrogens is 425 g/mol. The molecule has 0 unspecified atom stereocenters. The lowest BCUT2D eigenvalue weighted by Gasteiger charge is -2.23. The summed E-state index contributed by atoms with van der Waals surface area (Å²) in [5.41, 5.74) is 2.32. The molecule has 0 aliphatic rings. The lowest BCUT2D eigenvalue weighted by atomic mass is 10.0. The molecule has 2 aromatic heterocycles. The number of nitrogens with one attached hydrogen (secondary N) is 1. The Morgan fingerprint density at radius 3 is 2.53 bits per heavy atom. The van der Waals surface area contributed by atoms with Gasteiger partial charge in [0.1, 0.15) is 10.6 Å². The average Bonchev–Trinajstić information content (AvgIpc) is 2.66. The number of pyridine rings is 2. The fourth-order valence-electron chi connectivity index (χ4n) is 2.85. The monoisotopic (exact) mass is 449 g/mol. The first-order chi connectivity index (χ1) is 13.9. The Morgan fingerprint density at radius 2 is 1.87 bits per heavy atom. The summed E-state index contributed by atoms with van der Waals surface area (Å²) in [6.45, 7) is 6.04. The molecule has 0 aliphatic heterocycles. The number of hydrogen-bond acceptors (Lipinski definition) is 6. The predicted octanol–water partition coefficient (Wildman–Crippen LogP) is 3.43. The van der Waals surface area contributed by atoms with E-state index < -0.39 is 25.9 Å². The van der Waals surface area contributed by atoms with Crippen LogP contribution >= 0.6 is 0 Å². The van der Waals surface area contributed by atoms with Crippen LogP contribution in [0.25, 0.3) is 22.2 Å². The van der Waals surface area contributed by atoms with Crippen molar-refractivity contribution in [2.45, 2.75) is 37.0 Å². The molecule has 0 saturated carbocycles. The Balaban J connectivity index is 2.04. The van der Waals surface area contributed by atoms with Gasteiger partial charge >= 0.3 is 0 Å². The van der Waals surface area contributed by atoms with Crippen molar-refractivity contribution in [2.24, 2.45) is 0 Å². The fraction of sp³-hybridized carbons (Fsp3) is 0.333. The second-order valence-electron chi connectivity index (χ2n) is 7.98. The molecule has 0 bridgehead atoms. The summed E-state index contributed by atoms with van der Waals surface area (Å²) < 4.78 is 52.5. The van der Waals surface area contributed by atoms with Gasteiger partial charge in [-0.2, -0.15) is 0 Å². The number of halogens is 1. The number of rotatable bonds is 6. The molecule has 3 aromatic rings. The van der Waals surface area contributed by atoms with E-state index in [0.29, 0.717) is 40.8 Å². The molecular formula is C21H24FN3O3S2. The van der Waals surface area contributed by atoms with Crippen molar-refractivity contribution in [1.82, 2.24) is 14.7 Å². The maximum absolute atomic E-state index is 13.7. The molecule has 30 heavy (non-hydrogen) atoms. The third-order valence-electron chi connectivity index (χ3n) is 4.39. The van der Waals surface area contributed by atoms with Crippen LogP contribution in [0.3, 0.4) is 0 Å². The van der Waals surface area contributed by atoms with Gasteiger partial charge in [-0.15, -0.1) is 4.72 Å². The van der Waals surface area contributed by atoms with Crippen LogP contribution in [0.5, 0.6) is 0 Å². The van der Waals surface area contributed by atoms with Gasteiger partial charge in [-0.25, -0.2) is 17.8 Å². The van der Waals surface area contributed by atoms with Gasteiger partial charge in [0, 0.05) is 41.5 Å². The van der Waals surface area contributed by atoms with Crippen LogP contribution in [-0.2, 0) is 27.6 Å². The Bertz CT molecular complexity index is 1180. The van der Waals surface area contributed by atoms with E-state index in [9.17, 15) is 17.4 Å². The second-order valence-corrected chi connectivity index (χ2v) is 12.0. The van der Waals surface area contributed by atoms with Crippen molar-refractivity contribution >= 4 is 32.1 Å². The van der Waals surface area contributed by atoms with E-state index in [1.807, 2.05) is 20.8 Å². The molecule has 0 amide bonds. The normalized spacial score (nSPS) is 13.5. The van der Waals surface area contributed by atoms with E-state index in [2.05, 4.69) is 14.7 Å². The molecule has 3 rings (SSSR count). The topological polar surface area (TPSA) is 95.0 Å². The quantitative estimate of drug-likeness (QED) is 0.580. The number of aromatic nitrogens is 2. The van der Waals surface area contributed by atoms with E-state index in [1.54, 1.807) is 24.3 Å². The molecule has 1 atom stereocenters. The van der Waals surface area contributed by atoms with E-state index in [0.717, 1.165) is 6.26 Å². The third kappa shape index (κ3) is 5.34. The molecule has 0 saturated heterocycles. The first-order valence-electron chi connectivity index (χ1n) is 9.37. The summed E-state index contributed by atoms with van der Waals surface area (Å²) in [5.74, 6) is -0.386. The van der Waals surface area contributed by atoms with Crippen molar-refractivity contribution in [2.75, 3.05) is 12.8 Å². The van der Waals surface area contributed by atoms with Crippen LogP contribution in [0.1, 0.15) is 26.5 Å². The number of fused-ring (bicyclic) bond motifs is 1. The first kappa shape index (κ1) is 22.6. The highest BCUT2D eigenvalue weighted by Crippen LogP contribution is 2.27. The minimum atomic E-state index is -3.48. The molecule has 160 valence electrons. The van der Waals surface area contributed by atoms with Crippen molar-refractivity contribution in [1.29, 1.82) is 0 Å². The van der Waals surface area contributed by atoms with Crippen LogP contribution in [0, 0.1) is 5.82 Å². The van der Waals surface area contributed by atoms with Gasteiger partial charge in [-0.05, 0) is 57.2 Å². The van der Waals surface area contributed by atoms with E-state index in [4.69, 9.17) is 0 Å². The zero-order valence-corrected chi connectivity index (χ0v) is 18.9. The molecule has 1 aromatic carbocycles. The average molecular weight is 450 g/mol. The van der Waals surface area contributed by atoms with Crippen molar-refractivity contribution in [3.05, 3.63) is 54.0 Å². The summed E-state index contributed by atoms with van der Waals surface area (Å²) >= 11 is -1.23. The molecule has 1 N–H and O–H groups in total. The molecule has 0 aliphatic carbocycles. The predicted molar refractivity (Wildman–Crippen MR) is 118 cm³/mol. The van der Waals surface area contributed by atoms with Crippen molar-refractivity contribution in [3.8, 4) is 11.3 Å². The lowest BCUT2D eigenvalue weighted by Crippen LogP contribution is -2.40. The maximum atomic E-state index is 13.7. The van der Waals surface area contributed by atoms with Crippen molar-refractivity contribution in [3.63, 3.8) is 0 Å². The molecule has 0 radical (unpaired) electrons. The highest BCUT2D eigenvalue weighted by atomic mass is 32.2. The van der Waals surface area contributed by atoms with E-state index in [-0.39, 0.29) is 10.8 Å². The Morgan fingerprint density at radius 1 is 1.13 bits per heavy atom. The van der Waals surface area contributed by atoms with Crippen LogP contribution in [0.15, 0.2) is 47.5 Å². The number of benzene rings is 1. The van der Waals surface area contributed by atoms with Gasteiger partial charge in [-0.3, -0.25) is 4.98 Å². The summed E-state index contributed by atoms with van der Waals surface area (Å²) in [6, 6.07) is 10.8. The largest absolute Gasteiger partial charge is 0.598 e. The fourth-order valence-corrected chi connectivity index (χ4v) is 4.16. The minimum Gasteiger partial charge on any atom is -0.598 e. The Hall–Kier alpha value is -2.07. The van der Waals surface area contributed by atoms with E-state index in [1.165, 1.54) is 18.2 Å². The van der Waals surface area contributed by atoms with Gasteiger partial charge in [0.15, 0.2) is 14.9 Å². The van der Waals surface area contributed by atoms with Crippen LogP contribution in [0.2, 0.25) is 0 Å². The second kappa shape index (κ2) is 8.58. The number of nitrogens with zero attached hydrogens (tertiary/aromatic N) is 2. The highest BCUT2D eigenvalue weighted by Gasteiger charge is 2.26. The third-order valence-corrected chi connectivity index (χ3v) is 6.95. The number of hydrogen-bond donors (Lipinski definition) is 1. The molecule has 2 heterocycles. The minimum absolute atomic E-state index is 0.0442. The smallest absolute Gasteiger partial charge is 0.192 e. The highest BCUT2D eigenvalue weighted by molar-refractivity contribution is 7.91. The summed E-state index contributed by atoms with van der Waals surface area (Å²) in [7, 11) is -3.48. The van der Waals surface area contributed by atoms with Gasteiger partial charge in [0.25, 0.3) is 0 Å². The zero-order chi connectivity index (χ0) is 22.1. The van der Waals surface area contributed by atoms with Crippen LogP contribution < -0.4 is 4.72 Å². The number of sulfone groups is 1. The maximum Gasteiger partial charge on any atom is 0.192 e. The summed E-state index contributed by atoms with van der Waals surface area (Å²) in [5, 5.41) is 0.545. The standard InChI is InChI=1S/C21H24FN3O3S2/c1-21(2,3)29(26)23-11-10-19-16(13-14-12-15(22)8-9-17(14)24-19)18-6-5-7-20(25-18)30(4,27)28/h5-9,12-13,23H,10-11H2,1-4H3/t29-/m1/s1. The molecule has 6 nitrogen and oxygen atoms in total. The Kier molecular flexibility index (Phi) is 6.47. The molecule has 0 spiro atoms. The van der Waals surface area contributed by atoms with Crippen LogP contribution in [-0.4, -0.2) is 40.5 Å². The molecule has 0 fully saturated rings. The zero-order valence-electron chi connectivity index (χ0n) is 17.3. The van der Waals surface area contributed by atoms with Gasteiger partial charge in [0.05, 0.1) is 16.9 Å². The SMILES string of the molecule is CC(C)(C)[S@@+]([O-])NCCc1nc2ccc(F)cc2cc1-c1cccc(S(C)(=O)=O)n1. The lowest BCUT2D eigenvalue weighted by molar-refractivity contribution is 0.544. The summed E-state index contributed by atoms with van der Waals surface area (Å²) in [6.07, 6.45) is 1.54. The first-order valence-corrected chi connectivity index (χ1v) is 12.4.